The third-order valence-electron chi connectivity index (χ3n) is 2.08. The summed E-state index contributed by atoms with van der Waals surface area (Å²) in [5, 5.41) is 0. The fourth-order valence-corrected chi connectivity index (χ4v) is 1.42. The van der Waals surface area contributed by atoms with E-state index in [1.807, 2.05) is 13.8 Å². The van der Waals surface area contributed by atoms with Crippen molar-refractivity contribution < 1.29 is 9.18 Å². The molecule has 0 bridgehead atoms. The Morgan fingerprint density at radius 3 is 2.57 bits per heavy atom. The molecule has 2 heteroatoms. The van der Waals surface area contributed by atoms with E-state index in [0.29, 0.717) is 17.9 Å². The van der Waals surface area contributed by atoms with Crippen molar-refractivity contribution in [3.8, 4) is 0 Å². The molecule has 0 fully saturated rings. The molecule has 0 spiro atoms. The van der Waals surface area contributed by atoms with Gasteiger partial charge in [-0.15, -0.1) is 0 Å². The Hall–Kier alpha value is -1.18. The molecule has 0 N–H and O–H groups in total. The van der Waals surface area contributed by atoms with Crippen LogP contribution in [0.4, 0.5) is 4.39 Å². The fraction of sp³-hybridized carbons (Fsp3) is 0.417. The number of carbonyl (C=O) groups excluding carboxylic acids is 1. The van der Waals surface area contributed by atoms with E-state index >= 15 is 0 Å². The number of halogens is 1. The molecule has 0 aliphatic carbocycles. The topological polar surface area (TPSA) is 17.1 Å². The van der Waals surface area contributed by atoms with Gasteiger partial charge in [0.15, 0.2) is 5.78 Å². The van der Waals surface area contributed by atoms with Gasteiger partial charge in [0, 0.05) is 12.0 Å². The second-order valence-electron chi connectivity index (χ2n) is 3.98. The van der Waals surface area contributed by atoms with E-state index < -0.39 is 0 Å². The summed E-state index contributed by atoms with van der Waals surface area (Å²) in [6.45, 7) is 5.75. The maximum Gasteiger partial charge on any atom is 0.163 e. The third kappa shape index (κ3) is 2.66. The number of rotatable bonds is 3. The summed E-state index contributed by atoms with van der Waals surface area (Å²) in [6.07, 6.45) is 0.520. The highest BCUT2D eigenvalue weighted by Crippen LogP contribution is 2.14. The molecule has 0 heterocycles. The first-order valence-electron chi connectivity index (χ1n) is 4.80. The van der Waals surface area contributed by atoms with E-state index in [9.17, 15) is 9.18 Å². The van der Waals surface area contributed by atoms with Crippen LogP contribution in [0.25, 0.3) is 0 Å². The number of hydrogen-bond donors (Lipinski definition) is 0. The van der Waals surface area contributed by atoms with Gasteiger partial charge in [-0.05, 0) is 36.6 Å². The predicted molar refractivity (Wildman–Crippen MR) is 54.9 cm³/mol. The molecule has 76 valence electrons. The predicted octanol–water partition coefficient (Wildman–Crippen LogP) is 3.36. The zero-order chi connectivity index (χ0) is 10.7. The fourth-order valence-electron chi connectivity index (χ4n) is 1.42. The van der Waals surface area contributed by atoms with Gasteiger partial charge in [0.2, 0.25) is 0 Å². The van der Waals surface area contributed by atoms with Gasteiger partial charge in [0.1, 0.15) is 5.82 Å². The SMILES string of the molecule is Cc1cc(F)ccc1C(=O)CC(C)C. The van der Waals surface area contributed by atoms with Crippen molar-refractivity contribution >= 4 is 5.78 Å². The summed E-state index contributed by atoms with van der Waals surface area (Å²) in [7, 11) is 0. The maximum atomic E-state index is 12.8. The van der Waals surface area contributed by atoms with Crippen molar-refractivity contribution in [3.63, 3.8) is 0 Å². The Balaban J connectivity index is 2.90. The van der Waals surface area contributed by atoms with Gasteiger partial charge in [-0.3, -0.25) is 4.79 Å². The van der Waals surface area contributed by atoms with Gasteiger partial charge in [0.05, 0.1) is 0 Å². The minimum absolute atomic E-state index is 0.0949. The Labute approximate surface area is 83.9 Å². The number of benzene rings is 1. The van der Waals surface area contributed by atoms with Crippen LogP contribution in [-0.4, -0.2) is 5.78 Å². The van der Waals surface area contributed by atoms with Gasteiger partial charge < -0.3 is 0 Å². The molecular formula is C12H15FO. The van der Waals surface area contributed by atoms with Crippen molar-refractivity contribution in [1.82, 2.24) is 0 Å². The monoisotopic (exact) mass is 194 g/mol. The van der Waals surface area contributed by atoms with E-state index in [0.717, 1.165) is 5.56 Å². The van der Waals surface area contributed by atoms with Crippen LogP contribution in [0.3, 0.4) is 0 Å². The van der Waals surface area contributed by atoms with Crippen molar-refractivity contribution in [1.29, 1.82) is 0 Å². The molecule has 0 radical (unpaired) electrons. The molecule has 0 saturated heterocycles. The lowest BCUT2D eigenvalue weighted by atomic mass is 9.98. The highest BCUT2D eigenvalue weighted by Gasteiger charge is 2.10. The minimum atomic E-state index is -0.288. The largest absolute Gasteiger partial charge is 0.294 e. The zero-order valence-corrected chi connectivity index (χ0v) is 8.80. The molecule has 0 amide bonds. The van der Waals surface area contributed by atoms with E-state index in [1.165, 1.54) is 12.1 Å². The maximum absolute atomic E-state index is 12.8. The van der Waals surface area contributed by atoms with Gasteiger partial charge in [0.25, 0.3) is 0 Å². The molecule has 0 aliphatic heterocycles. The summed E-state index contributed by atoms with van der Waals surface area (Å²) in [6, 6.07) is 4.30. The van der Waals surface area contributed by atoms with Crippen molar-refractivity contribution in [2.75, 3.05) is 0 Å². The summed E-state index contributed by atoms with van der Waals surface area (Å²) < 4.78 is 12.8. The normalized spacial score (nSPS) is 10.6. The van der Waals surface area contributed by atoms with Crippen LogP contribution in [0.5, 0.6) is 0 Å². The Bertz CT molecular complexity index is 342. The van der Waals surface area contributed by atoms with E-state index in [1.54, 1.807) is 13.0 Å². The molecular weight excluding hydrogens is 179 g/mol. The van der Waals surface area contributed by atoms with Crippen molar-refractivity contribution in [3.05, 3.63) is 35.1 Å². The van der Waals surface area contributed by atoms with Crippen LogP contribution in [-0.2, 0) is 0 Å². The lowest BCUT2D eigenvalue weighted by Crippen LogP contribution is -2.05. The van der Waals surface area contributed by atoms with Crippen LogP contribution in [0, 0.1) is 18.7 Å². The molecule has 0 atom stereocenters. The van der Waals surface area contributed by atoms with Crippen LogP contribution in [0.1, 0.15) is 36.2 Å². The number of carbonyl (C=O) groups is 1. The molecule has 0 unspecified atom stereocenters. The molecule has 1 nitrogen and oxygen atoms in total. The highest BCUT2D eigenvalue weighted by molar-refractivity contribution is 5.97. The second-order valence-corrected chi connectivity index (χ2v) is 3.98. The van der Waals surface area contributed by atoms with Crippen LogP contribution < -0.4 is 0 Å². The third-order valence-corrected chi connectivity index (χ3v) is 2.08. The van der Waals surface area contributed by atoms with Gasteiger partial charge >= 0.3 is 0 Å². The molecule has 1 aromatic rings. The van der Waals surface area contributed by atoms with Crippen LogP contribution >= 0.6 is 0 Å². The zero-order valence-electron chi connectivity index (χ0n) is 8.80. The summed E-state index contributed by atoms with van der Waals surface area (Å²) in [5.41, 5.74) is 1.36. The number of hydrogen-bond acceptors (Lipinski definition) is 1. The Morgan fingerprint density at radius 1 is 1.43 bits per heavy atom. The van der Waals surface area contributed by atoms with Crippen LogP contribution in [0.2, 0.25) is 0 Å². The number of Topliss-reactive ketones (excluding diaryl/α,β-unsaturated/α-hetero) is 1. The van der Waals surface area contributed by atoms with Gasteiger partial charge in [-0.25, -0.2) is 4.39 Å². The second kappa shape index (κ2) is 4.36. The van der Waals surface area contributed by atoms with Crippen LogP contribution in [0.15, 0.2) is 18.2 Å². The first kappa shape index (κ1) is 10.9. The summed E-state index contributed by atoms with van der Waals surface area (Å²) in [5.74, 6) is 0.146. The molecule has 0 aliphatic rings. The van der Waals surface area contributed by atoms with E-state index in [2.05, 4.69) is 0 Å². The smallest absolute Gasteiger partial charge is 0.163 e. The van der Waals surface area contributed by atoms with E-state index in [-0.39, 0.29) is 11.6 Å². The Morgan fingerprint density at radius 2 is 2.07 bits per heavy atom. The summed E-state index contributed by atoms with van der Waals surface area (Å²) in [4.78, 5) is 11.7. The molecule has 1 rings (SSSR count). The summed E-state index contributed by atoms with van der Waals surface area (Å²) >= 11 is 0. The molecule has 14 heavy (non-hydrogen) atoms. The van der Waals surface area contributed by atoms with Crippen molar-refractivity contribution in [2.45, 2.75) is 27.2 Å². The average molecular weight is 194 g/mol. The van der Waals surface area contributed by atoms with E-state index in [4.69, 9.17) is 0 Å². The van der Waals surface area contributed by atoms with Gasteiger partial charge in [-0.1, -0.05) is 13.8 Å². The average Bonchev–Trinajstić information content (AvgIpc) is 2.01. The van der Waals surface area contributed by atoms with Crippen molar-refractivity contribution in [2.24, 2.45) is 5.92 Å². The standard InChI is InChI=1S/C12H15FO/c1-8(2)6-12(14)11-5-4-10(13)7-9(11)3/h4-5,7-8H,6H2,1-3H3. The lowest BCUT2D eigenvalue weighted by Gasteiger charge is -2.06. The minimum Gasteiger partial charge on any atom is -0.294 e. The first-order valence-corrected chi connectivity index (χ1v) is 4.80. The lowest BCUT2D eigenvalue weighted by molar-refractivity contribution is 0.0967. The first-order chi connectivity index (χ1) is 6.50. The highest BCUT2D eigenvalue weighted by atomic mass is 19.1. The molecule has 0 aromatic heterocycles. The molecule has 1 aromatic carbocycles. The molecule has 0 saturated carbocycles. The Kier molecular flexibility index (Phi) is 3.39. The quantitative estimate of drug-likeness (QED) is 0.674. The number of aryl methyl sites for hydroxylation is 1. The number of ketones is 1. The van der Waals surface area contributed by atoms with Gasteiger partial charge in [-0.2, -0.15) is 0 Å².